The van der Waals surface area contributed by atoms with E-state index >= 15 is 0 Å². The molecule has 1 aromatic carbocycles. The summed E-state index contributed by atoms with van der Waals surface area (Å²) < 4.78 is 5.22. The lowest BCUT2D eigenvalue weighted by Crippen LogP contribution is -2.31. The molecule has 1 aromatic rings. The van der Waals surface area contributed by atoms with Crippen LogP contribution in [0.15, 0.2) is 24.3 Å². The van der Waals surface area contributed by atoms with Gasteiger partial charge in [0.2, 0.25) is 0 Å². The van der Waals surface area contributed by atoms with E-state index in [0.29, 0.717) is 0 Å². The molecule has 3 nitrogen and oxygen atoms in total. The quantitative estimate of drug-likeness (QED) is 0.757. The first-order chi connectivity index (χ1) is 8.88. The van der Waals surface area contributed by atoms with Crippen molar-refractivity contribution in [3.63, 3.8) is 0 Å². The molecule has 1 fully saturated rings. The molecule has 1 aliphatic rings. The average molecular weight is 248 g/mol. The van der Waals surface area contributed by atoms with Crippen LogP contribution in [0.5, 0.6) is 5.75 Å². The molecule has 1 unspecified atom stereocenters. The van der Waals surface area contributed by atoms with E-state index in [2.05, 4.69) is 22.8 Å². The minimum Gasteiger partial charge on any atom is -0.497 e. The molecule has 0 aliphatic carbocycles. The number of hydrogen-bond acceptors (Lipinski definition) is 3. The minimum atomic E-state index is 0.858. The fourth-order valence-electron chi connectivity index (χ4n) is 2.49. The van der Waals surface area contributed by atoms with Crippen LogP contribution in [0.1, 0.15) is 24.8 Å². The Morgan fingerprint density at radius 3 is 3.17 bits per heavy atom. The number of benzene rings is 1. The zero-order valence-corrected chi connectivity index (χ0v) is 11.2. The summed E-state index contributed by atoms with van der Waals surface area (Å²) in [7, 11) is 1.71. The summed E-state index contributed by atoms with van der Waals surface area (Å²) in [6.07, 6.45) is 3.99. The lowest BCUT2D eigenvalue weighted by molar-refractivity contribution is 0.352. The zero-order chi connectivity index (χ0) is 12.6. The van der Waals surface area contributed by atoms with Crippen molar-refractivity contribution in [3.05, 3.63) is 29.8 Å². The third-order valence-electron chi connectivity index (χ3n) is 3.59. The maximum absolute atomic E-state index is 5.22. The van der Waals surface area contributed by atoms with Gasteiger partial charge < -0.3 is 15.4 Å². The number of nitrogens with one attached hydrogen (secondary N) is 2. The fourth-order valence-corrected chi connectivity index (χ4v) is 2.49. The molecule has 0 amide bonds. The average Bonchev–Trinajstić information content (AvgIpc) is 2.45. The lowest BCUT2D eigenvalue weighted by atomic mass is 9.96. The highest BCUT2D eigenvalue weighted by atomic mass is 16.5. The van der Waals surface area contributed by atoms with Crippen LogP contribution in [0.4, 0.5) is 0 Å². The van der Waals surface area contributed by atoms with Crippen LogP contribution in [0.2, 0.25) is 0 Å². The van der Waals surface area contributed by atoms with Crippen LogP contribution in [0, 0.1) is 5.92 Å². The lowest BCUT2D eigenvalue weighted by Gasteiger charge is -2.22. The van der Waals surface area contributed by atoms with Gasteiger partial charge in [0.15, 0.2) is 0 Å². The Bertz CT molecular complexity index is 348. The van der Waals surface area contributed by atoms with Gasteiger partial charge in [0.25, 0.3) is 0 Å². The number of piperidine rings is 1. The molecule has 0 saturated carbocycles. The van der Waals surface area contributed by atoms with Crippen LogP contribution in [-0.2, 0) is 6.54 Å². The van der Waals surface area contributed by atoms with Crippen molar-refractivity contribution < 1.29 is 4.74 Å². The molecule has 0 aromatic heterocycles. The van der Waals surface area contributed by atoms with Crippen LogP contribution in [0.3, 0.4) is 0 Å². The Labute approximate surface area is 110 Å². The van der Waals surface area contributed by atoms with Crippen LogP contribution in [-0.4, -0.2) is 26.7 Å². The monoisotopic (exact) mass is 248 g/mol. The second-order valence-corrected chi connectivity index (χ2v) is 5.03. The standard InChI is InChI=1S/C15H24N2O/c1-18-15-6-2-4-14(10-15)12-17-9-7-13-5-3-8-16-11-13/h2,4,6,10,13,16-17H,3,5,7-9,11-12H2,1H3. The molecule has 1 saturated heterocycles. The Balaban J connectivity index is 1.65. The first-order valence-corrected chi connectivity index (χ1v) is 6.93. The molecule has 0 radical (unpaired) electrons. The van der Waals surface area contributed by atoms with Gasteiger partial charge in [-0.25, -0.2) is 0 Å². The van der Waals surface area contributed by atoms with Crippen LogP contribution >= 0.6 is 0 Å². The molecule has 1 atom stereocenters. The topological polar surface area (TPSA) is 33.3 Å². The minimum absolute atomic E-state index is 0.858. The molecule has 18 heavy (non-hydrogen) atoms. The van der Waals surface area contributed by atoms with E-state index in [0.717, 1.165) is 24.8 Å². The normalized spacial score (nSPS) is 19.7. The summed E-state index contributed by atoms with van der Waals surface area (Å²) >= 11 is 0. The summed E-state index contributed by atoms with van der Waals surface area (Å²) in [5.41, 5.74) is 1.29. The molecule has 2 rings (SSSR count). The van der Waals surface area contributed by atoms with Gasteiger partial charge >= 0.3 is 0 Å². The Morgan fingerprint density at radius 2 is 2.39 bits per heavy atom. The van der Waals surface area contributed by atoms with Crippen LogP contribution < -0.4 is 15.4 Å². The summed E-state index contributed by atoms with van der Waals surface area (Å²) in [4.78, 5) is 0. The van der Waals surface area contributed by atoms with Gasteiger partial charge in [-0.1, -0.05) is 12.1 Å². The molecule has 1 heterocycles. The predicted octanol–water partition coefficient (Wildman–Crippen LogP) is 2.17. The van der Waals surface area contributed by atoms with Gasteiger partial charge in [0.1, 0.15) is 5.75 Å². The van der Waals surface area contributed by atoms with Crippen molar-refractivity contribution in [1.82, 2.24) is 10.6 Å². The van der Waals surface area contributed by atoms with E-state index in [9.17, 15) is 0 Å². The number of ether oxygens (including phenoxy) is 1. The molecular weight excluding hydrogens is 224 g/mol. The zero-order valence-electron chi connectivity index (χ0n) is 11.2. The maximum atomic E-state index is 5.22. The Hall–Kier alpha value is -1.06. The maximum Gasteiger partial charge on any atom is 0.119 e. The predicted molar refractivity (Wildman–Crippen MR) is 74.9 cm³/mol. The van der Waals surface area contributed by atoms with Crippen molar-refractivity contribution in [1.29, 1.82) is 0 Å². The second kappa shape index (κ2) is 7.39. The summed E-state index contributed by atoms with van der Waals surface area (Å²) in [5, 5.41) is 6.98. The van der Waals surface area contributed by atoms with Crippen molar-refractivity contribution in [2.45, 2.75) is 25.8 Å². The Kier molecular flexibility index (Phi) is 5.49. The highest BCUT2D eigenvalue weighted by Crippen LogP contribution is 2.14. The van der Waals surface area contributed by atoms with Crippen LogP contribution in [0.25, 0.3) is 0 Å². The Morgan fingerprint density at radius 1 is 1.44 bits per heavy atom. The van der Waals surface area contributed by atoms with Gasteiger partial charge in [-0.15, -0.1) is 0 Å². The molecule has 0 spiro atoms. The number of rotatable bonds is 6. The summed E-state index contributed by atoms with van der Waals surface area (Å²) in [6.45, 7) is 4.43. The first kappa shape index (κ1) is 13.4. The number of hydrogen-bond donors (Lipinski definition) is 2. The van der Waals surface area contributed by atoms with Crippen molar-refractivity contribution in [3.8, 4) is 5.75 Å². The summed E-state index contributed by atoms with van der Waals surface area (Å²) in [5.74, 6) is 1.79. The summed E-state index contributed by atoms with van der Waals surface area (Å²) in [6, 6.07) is 8.25. The van der Waals surface area contributed by atoms with Crippen molar-refractivity contribution >= 4 is 0 Å². The molecule has 2 N–H and O–H groups in total. The van der Waals surface area contributed by atoms with E-state index < -0.39 is 0 Å². The van der Waals surface area contributed by atoms with Crippen molar-refractivity contribution in [2.75, 3.05) is 26.7 Å². The fraction of sp³-hybridized carbons (Fsp3) is 0.600. The van der Waals surface area contributed by atoms with Gasteiger partial charge in [-0.2, -0.15) is 0 Å². The highest BCUT2D eigenvalue weighted by Gasteiger charge is 2.11. The van der Waals surface area contributed by atoms with E-state index in [4.69, 9.17) is 4.74 Å². The smallest absolute Gasteiger partial charge is 0.119 e. The van der Waals surface area contributed by atoms with Crippen molar-refractivity contribution in [2.24, 2.45) is 5.92 Å². The van der Waals surface area contributed by atoms with E-state index in [-0.39, 0.29) is 0 Å². The van der Waals surface area contributed by atoms with E-state index in [1.807, 2.05) is 12.1 Å². The first-order valence-electron chi connectivity index (χ1n) is 6.93. The van der Waals surface area contributed by atoms with Gasteiger partial charge in [0.05, 0.1) is 7.11 Å². The molecule has 100 valence electrons. The molecular formula is C15H24N2O. The van der Waals surface area contributed by atoms with E-state index in [1.54, 1.807) is 7.11 Å². The third-order valence-corrected chi connectivity index (χ3v) is 3.59. The largest absolute Gasteiger partial charge is 0.497 e. The van der Waals surface area contributed by atoms with Gasteiger partial charge in [-0.3, -0.25) is 0 Å². The molecule has 1 aliphatic heterocycles. The molecule has 0 bridgehead atoms. The van der Waals surface area contributed by atoms with Gasteiger partial charge in [-0.05, 0) is 62.5 Å². The van der Waals surface area contributed by atoms with Gasteiger partial charge in [0, 0.05) is 6.54 Å². The SMILES string of the molecule is COc1cccc(CNCCC2CCCNC2)c1. The highest BCUT2D eigenvalue weighted by molar-refractivity contribution is 5.28. The number of methoxy groups -OCH3 is 1. The molecule has 3 heteroatoms. The third kappa shape index (κ3) is 4.31. The van der Waals surface area contributed by atoms with E-state index in [1.165, 1.54) is 37.9 Å². The second-order valence-electron chi connectivity index (χ2n) is 5.03.